The summed E-state index contributed by atoms with van der Waals surface area (Å²) in [6.45, 7) is 1.69. The van der Waals surface area contributed by atoms with E-state index in [1.54, 1.807) is 14.0 Å². The normalized spacial score (nSPS) is 12.3. The van der Waals surface area contributed by atoms with E-state index < -0.39 is 6.04 Å². The van der Waals surface area contributed by atoms with Crippen molar-refractivity contribution in [1.82, 2.24) is 0 Å². The number of carbonyl (C=O) groups is 1. The van der Waals surface area contributed by atoms with Crippen LogP contribution in [0.5, 0.6) is 5.75 Å². The van der Waals surface area contributed by atoms with E-state index in [1.165, 1.54) is 0 Å². The van der Waals surface area contributed by atoms with Gasteiger partial charge in [-0.3, -0.25) is 4.79 Å². The number of hydrogen-bond donors (Lipinski definition) is 1. The number of halogens is 1. The maximum Gasteiger partial charge on any atom is 0.153 e. The highest BCUT2D eigenvalue weighted by atomic mass is 79.9. The van der Waals surface area contributed by atoms with Crippen LogP contribution in [0, 0.1) is 0 Å². The summed E-state index contributed by atoms with van der Waals surface area (Å²) in [5.74, 6) is 0.759. The minimum atomic E-state index is -0.428. The number of ketones is 1. The molecule has 0 bridgehead atoms. The van der Waals surface area contributed by atoms with Gasteiger partial charge in [0, 0.05) is 10.9 Å². The van der Waals surface area contributed by atoms with Crippen molar-refractivity contribution >= 4 is 21.7 Å². The largest absolute Gasteiger partial charge is 0.497 e. The lowest BCUT2D eigenvalue weighted by Gasteiger charge is -2.08. The number of hydrogen-bond acceptors (Lipinski definition) is 3. The van der Waals surface area contributed by atoms with Crippen molar-refractivity contribution in [2.24, 2.45) is 5.73 Å². The molecule has 1 unspecified atom stereocenters. The topological polar surface area (TPSA) is 52.3 Å². The van der Waals surface area contributed by atoms with Crippen LogP contribution in [0.2, 0.25) is 0 Å². The van der Waals surface area contributed by atoms with Crippen molar-refractivity contribution in [3.63, 3.8) is 0 Å². The fourth-order valence-electron chi connectivity index (χ4n) is 1.16. The highest BCUT2D eigenvalue weighted by Gasteiger charge is 2.11. The minimum absolute atomic E-state index is 0.0175. The van der Waals surface area contributed by atoms with Gasteiger partial charge in [0.05, 0.1) is 13.2 Å². The van der Waals surface area contributed by atoms with Gasteiger partial charge in [-0.2, -0.15) is 0 Å². The van der Waals surface area contributed by atoms with Crippen LogP contribution in [-0.2, 0) is 11.2 Å². The maximum absolute atomic E-state index is 11.5. The van der Waals surface area contributed by atoms with Crippen molar-refractivity contribution in [3.05, 3.63) is 28.2 Å². The number of methoxy groups -OCH3 is 1. The molecule has 82 valence electrons. The van der Waals surface area contributed by atoms with Crippen LogP contribution in [0.25, 0.3) is 0 Å². The monoisotopic (exact) mass is 271 g/mol. The molecule has 0 amide bonds. The molecule has 2 N–H and O–H groups in total. The predicted octanol–water partition coefficient (Wildman–Crippen LogP) is 1.92. The molecule has 0 heterocycles. The van der Waals surface area contributed by atoms with Crippen molar-refractivity contribution in [2.75, 3.05) is 7.11 Å². The van der Waals surface area contributed by atoms with E-state index in [4.69, 9.17) is 10.5 Å². The van der Waals surface area contributed by atoms with Crippen molar-refractivity contribution in [3.8, 4) is 5.75 Å². The van der Waals surface area contributed by atoms with Crippen LogP contribution < -0.4 is 10.5 Å². The average Bonchev–Trinajstić information content (AvgIpc) is 2.21. The number of nitrogens with two attached hydrogens (primary N) is 1. The molecule has 4 heteroatoms. The molecule has 1 rings (SSSR count). The zero-order valence-corrected chi connectivity index (χ0v) is 10.4. The van der Waals surface area contributed by atoms with Gasteiger partial charge in [-0.1, -0.05) is 15.9 Å². The SMILES string of the molecule is COc1ccc(Br)c(CC(=O)C(C)N)c1. The van der Waals surface area contributed by atoms with Gasteiger partial charge in [0.25, 0.3) is 0 Å². The maximum atomic E-state index is 11.5. The third-order valence-electron chi connectivity index (χ3n) is 2.13. The van der Waals surface area contributed by atoms with Gasteiger partial charge in [-0.15, -0.1) is 0 Å². The first-order valence-electron chi connectivity index (χ1n) is 4.65. The summed E-state index contributed by atoms with van der Waals surface area (Å²) in [5.41, 5.74) is 6.41. The molecule has 0 aliphatic rings. The fourth-order valence-corrected chi connectivity index (χ4v) is 1.55. The molecule has 0 saturated heterocycles. The molecular weight excluding hydrogens is 258 g/mol. The summed E-state index contributed by atoms with van der Waals surface area (Å²) < 4.78 is 5.99. The summed E-state index contributed by atoms with van der Waals surface area (Å²) >= 11 is 3.39. The molecule has 1 aromatic carbocycles. The Hall–Kier alpha value is -0.870. The molecule has 0 aliphatic heterocycles. The van der Waals surface area contributed by atoms with E-state index in [9.17, 15) is 4.79 Å². The zero-order chi connectivity index (χ0) is 11.4. The molecule has 0 aromatic heterocycles. The second kappa shape index (κ2) is 5.28. The number of Topliss-reactive ketones (excluding diaryl/α,β-unsaturated/α-hetero) is 1. The van der Waals surface area contributed by atoms with Gasteiger partial charge < -0.3 is 10.5 Å². The number of carbonyl (C=O) groups excluding carboxylic acids is 1. The molecular formula is C11H14BrNO2. The summed E-state index contributed by atoms with van der Waals surface area (Å²) in [4.78, 5) is 11.5. The Morgan fingerprint density at radius 2 is 2.27 bits per heavy atom. The molecule has 1 atom stereocenters. The van der Waals surface area contributed by atoms with Gasteiger partial charge in [0.2, 0.25) is 0 Å². The van der Waals surface area contributed by atoms with Gasteiger partial charge in [0.15, 0.2) is 5.78 Å². The van der Waals surface area contributed by atoms with Crippen molar-refractivity contribution in [1.29, 1.82) is 0 Å². The fraction of sp³-hybridized carbons (Fsp3) is 0.364. The van der Waals surface area contributed by atoms with Crippen molar-refractivity contribution < 1.29 is 9.53 Å². The van der Waals surface area contributed by atoms with Crippen LogP contribution in [0.3, 0.4) is 0 Å². The van der Waals surface area contributed by atoms with Gasteiger partial charge in [-0.25, -0.2) is 0 Å². The molecule has 0 aliphatic carbocycles. The van der Waals surface area contributed by atoms with Crippen LogP contribution in [0.1, 0.15) is 12.5 Å². The van der Waals surface area contributed by atoms with E-state index in [2.05, 4.69) is 15.9 Å². The van der Waals surface area contributed by atoms with Gasteiger partial charge in [0.1, 0.15) is 5.75 Å². The van der Waals surface area contributed by atoms with Crippen LogP contribution in [-0.4, -0.2) is 18.9 Å². The Morgan fingerprint density at radius 1 is 1.60 bits per heavy atom. The molecule has 0 saturated carbocycles. The summed E-state index contributed by atoms with van der Waals surface area (Å²) in [5, 5.41) is 0. The molecule has 3 nitrogen and oxygen atoms in total. The Balaban J connectivity index is 2.88. The van der Waals surface area contributed by atoms with E-state index in [0.717, 1.165) is 15.8 Å². The lowest BCUT2D eigenvalue weighted by atomic mass is 10.1. The standard InChI is InChI=1S/C11H14BrNO2/c1-7(13)11(14)6-8-5-9(15-2)3-4-10(8)12/h3-5,7H,6,13H2,1-2H3. The summed E-state index contributed by atoms with van der Waals surface area (Å²) in [6, 6.07) is 5.11. The zero-order valence-electron chi connectivity index (χ0n) is 8.79. The number of benzene rings is 1. The van der Waals surface area contributed by atoms with E-state index in [-0.39, 0.29) is 5.78 Å². The quantitative estimate of drug-likeness (QED) is 0.911. The smallest absolute Gasteiger partial charge is 0.153 e. The summed E-state index contributed by atoms with van der Waals surface area (Å²) in [7, 11) is 1.60. The van der Waals surface area contributed by atoms with E-state index >= 15 is 0 Å². The number of rotatable bonds is 4. The first kappa shape index (κ1) is 12.2. The van der Waals surface area contributed by atoms with E-state index in [0.29, 0.717) is 6.42 Å². The Kier molecular flexibility index (Phi) is 4.29. The average molecular weight is 272 g/mol. The minimum Gasteiger partial charge on any atom is -0.497 e. The Labute approximate surface area is 97.7 Å². The second-order valence-corrected chi connectivity index (χ2v) is 4.24. The third-order valence-corrected chi connectivity index (χ3v) is 2.90. The van der Waals surface area contributed by atoms with Crippen LogP contribution >= 0.6 is 15.9 Å². The van der Waals surface area contributed by atoms with Crippen LogP contribution in [0.15, 0.2) is 22.7 Å². The summed E-state index contributed by atoms with van der Waals surface area (Å²) in [6.07, 6.45) is 0.329. The first-order valence-corrected chi connectivity index (χ1v) is 5.44. The highest BCUT2D eigenvalue weighted by molar-refractivity contribution is 9.10. The van der Waals surface area contributed by atoms with Gasteiger partial charge >= 0.3 is 0 Å². The molecule has 15 heavy (non-hydrogen) atoms. The molecule has 1 aromatic rings. The molecule has 0 spiro atoms. The Bertz CT molecular complexity index is 364. The lowest BCUT2D eigenvalue weighted by molar-refractivity contribution is -0.119. The predicted molar refractivity (Wildman–Crippen MR) is 63.1 cm³/mol. The lowest BCUT2D eigenvalue weighted by Crippen LogP contribution is -2.28. The third kappa shape index (κ3) is 3.32. The van der Waals surface area contributed by atoms with Crippen LogP contribution in [0.4, 0.5) is 0 Å². The number of ether oxygens (including phenoxy) is 1. The van der Waals surface area contributed by atoms with E-state index in [1.807, 2.05) is 18.2 Å². The molecule has 0 fully saturated rings. The second-order valence-electron chi connectivity index (χ2n) is 3.39. The van der Waals surface area contributed by atoms with Gasteiger partial charge in [-0.05, 0) is 30.7 Å². The highest BCUT2D eigenvalue weighted by Crippen LogP contribution is 2.23. The first-order chi connectivity index (χ1) is 7.04. The van der Waals surface area contributed by atoms with Crippen molar-refractivity contribution in [2.45, 2.75) is 19.4 Å². The Morgan fingerprint density at radius 3 is 2.80 bits per heavy atom. The molecule has 0 radical (unpaired) electrons.